The van der Waals surface area contributed by atoms with Crippen molar-refractivity contribution in [2.75, 3.05) is 7.11 Å². The zero-order chi connectivity index (χ0) is 14.2. The van der Waals surface area contributed by atoms with Crippen LogP contribution >= 0.6 is 0 Å². The molecule has 108 valence electrons. The van der Waals surface area contributed by atoms with Crippen LogP contribution in [-0.4, -0.2) is 13.1 Å². The van der Waals surface area contributed by atoms with Crippen LogP contribution in [0.1, 0.15) is 58.3 Å². The molecule has 0 aromatic rings. The summed E-state index contributed by atoms with van der Waals surface area (Å²) < 4.78 is 4.56. The van der Waals surface area contributed by atoms with Crippen LogP contribution in [-0.2, 0) is 9.53 Å². The third kappa shape index (κ3) is 14.6. The van der Waals surface area contributed by atoms with E-state index in [0.29, 0.717) is 6.42 Å². The van der Waals surface area contributed by atoms with Crippen molar-refractivity contribution in [2.45, 2.75) is 58.3 Å². The standard InChI is InChI=1S/C17H28O2/c1-3-4-5-6-7-8-9-10-11-12-13-14-15-16-17(18)19-2/h7-8,10-11,13-14H,3-6,9,12,15-16H2,1-2H3. The van der Waals surface area contributed by atoms with Crippen molar-refractivity contribution in [3.05, 3.63) is 36.5 Å². The fraction of sp³-hybridized carbons (Fsp3) is 0.588. The molecule has 19 heavy (non-hydrogen) atoms. The van der Waals surface area contributed by atoms with Gasteiger partial charge in [0.05, 0.1) is 7.11 Å². The minimum absolute atomic E-state index is 0.145. The summed E-state index contributed by atoms with van der Waals surface area (Å²) in [6, 6.07) is 0. The smallest absolute Gasteiger partial charge is 0.305 e. The highest BCUT2D eigenvalue weighted by Gasteiger charge is 1.94. The Morgan fingerprint density at radius 2 is 1.47 bits per heavy atom. The molecule has 0 aromatic heterocycles. The van der Waals surface area contributed by atoms with Gasteiger partial charge in [-0.25, -0.2) is 0 Å². The average Bonchev–Trinajstić information content (AvgIpc) is 2.43. The summed E-state index contributed by atoms with van der Waals surface area (Å²) in [5.74, 6) is -0.145. The normalized spacial score (nSPS) is 11.9. The van der Waals surface area contributed by atoms with Gasteiger partial charge >= 0.3 is 5.97 Å². The average molecular weight is 264 g/mol. The Labute approximate surface area is 118 Å². The van der Waals surface area contributed by atoms with Crippen molar-refractivity contribution in [3.8, 4) is 0 Å². The quantitative estimate of drug-likeness (QED) is 0.299. The molecule has 0 fully saturated rings. The number of unbranched alkanes of at least 4 members (excludes halogenated alkanes) is 3. The molecular weight excluding hydrogens is 236 g/mol. The van der Waals surface area contributed by atoms with E-state index in [4.69, 9.17) is 0 Å². The lowest BCUT2D eigenvalue weighted by molar-refractivity contribution is -0.140. The Morgan fingerprint density at radius 3 is 2.05 bits per heavy atom. The summed E-state index contributed by atoms with van der Waals surface area (Å²) in [7, 11) is 1.42. The van der Waals surface area contributed by atoms with Crippen molar-refractivity contribution >= 4 is 5.97 Å². The minimum atomic E-state index is -0.145. The topological polar surface area (TPSA) is 26.3 Å². The van der Waals surface area contributed by atoms with E-state index in [1.807, 2.05) is 6.08 Å². The monoisotopic (exact) mass is 264 g/mol. The number of hydrogen-bond acceptors (Lipinski definition) is 2. The summed E-state index contributed by atoms with van der Waals surface area (Å²) in [5, 5.41) is 0. The molecule has 0 unspecified atom stereocenters. The molecule has 0 atom stereocenters. The summed E-state index contributed by atoms with van der Waals surface area (Å²) in [5.41, 5.74) is 0. The van der Waals surface area contributed by atoms with Crippen molar-refractivity contribution in [2.24, 2.45) is 0 Å². The number of allylic oxidation sites excluding steroid dienone is 6. The van der Waals surface area contributed by atoms with E-state index in [-0.39, 0.29) is 5.97 Å². The van der Waals surface area contributed by atoms with Gasteiger partial charge in [-0.05, 0) is 32.1 Å². The molecule has 0 aliphatic heterocycles. The van der Waals surface area contributed by atoms with Crippen molar-refractivity contribution in [3.63, 3.8) is 0 Å². The largest absolute Gasteiger partial charge is 0.469 e. The van der Waals surface area contributed by atoms with E-state index >= 15 is 0 Å². The van der Waals surface area contributed by atoms with E-state index in [1.54, 1.807) is 0 Å². The van der Waals surface area contributed by atoms with E-state index in [1.165, 1.54) is 32.8 Å². The van der Waals surface area contributed by atoms with Gasteiger partial charge in [-0.15, -0.1) is 0 Å². The predicted octanol–water partition coefficient (Wildman–Crippen LogP) is 4.97. The fourth-order valence-corrected chi connectivity index (χ4v) is 1.59. The van der Waals surface area contributed by atoms with E-state index < -0.39 is 0 Å². The Balaban J connectivity index is 3.38. The first kappa shape index (κ1) is 17.7. The third-order valence-corrected chi connectivity index (χ3v) is 2.76. The lowest BCUT2D eigenvalue weighted by Crippen LogP contribution is -1.97. The first-order valence-corrected chi connectivity index (χ1v) is 7.33. The summed E-state index contributed by atoms with van der Waals surface area (Å²) in [6.07, 6.45) is 21.3. The molecule has 0 spiro atoms. The molecule has 0 bridgehead atoms. The highest BCUT2D eigenvalue weighted by atomic mass is 16.5. The highest BCUT2D eigenvalue weighted by Crippen LogP contribution is 2.01. The highest BCUT2D eigenvalue weighted by molar-refractivity contribution is 5.69. The zero-order valence-corrected chi connectivity index (χ0v) is 12.4. The summed E-state index contributed by atoms with van der Waals surface area (Å²) in [6.45, 7) is 2.23. The first-order valence-electron chi connectivity index (χ1n) is 7.33. The maximum absolute atomic E-state index is 10.8. The lowest BCUT2D eigenvalue weighted by atomic mass is 10.2. The van der Waals surface area contributed by atoms with Crippen LogP contribution in [0.2, 0.25) is 0 Å². The zero-order valence-electron chi connectivity index (χ0n) is 12.4. The molecule has 0 saturated heterocycles. The van der Waals surface area contributed by atoms with Crippen LogP contribution in [0.4, 0.5) is 0 Å². The molecule has 0 aliphatic rings. The molecule has 0 aromatic carbocycles. The Morgan fingerprint density at radius 1 is 0.895 bits per heavy atom. The molecule has 0 N–H and O–H groups in total. The van der Waals surface area contributed by atoms with Gasteiger partial charge in [0.2, 0.25) is 0 Å². The molecule has 0 saturated carbocycles. The maximum atomic E-state index is 10.8. The Bertz CT molecular complexity index is 288. The van der Waals surface area contributed by atoms with Crippen LogP contribution in [0.5, 0.6) is 0 Å². The van der Waals surface area contributed by atoms with Gasteiger partial charge in [0.15, 0.2) is 0 Å². The number of ether oxygens (including phenoxy) is 1. The first-order chi connectivity index (χ1) is 9.31. The van der Waals surface area contributed by atoms with Gasteiger partial charge in [0.1, 0.15) is 0 Å². The van der Waals surface area contributed by atoms with Gasteiger partial charge in [-0.3, -0.25) is 4.79 Å². The molecule has 0 amide bonds. The molecule has 0 rings (SSSR count). The third-order valence-electron chi connectivity index (χ3n) is 2.76. The number of carbonyl (C=O) groups is 1. The van der Waals surface area contributed by atoms with Crippen molar-refractivity contribution in [1.29, 1.82) is 0 Å². The summed E-state index contributed by atoms with van der Waals surface area (Å²) in [4.78, 5) is 10.8. The number of carbonyl (C=O) groups excluding carboxylic acids is 1. The number of hydrogen-bond donors (Lipinski definition) is 0. The second-order valence-corrected chi connectivity index (χ2v) is 4.50. The second-order valence-electron chi connectivity index (χ2n) is 4.50. The van der Waals surface area contributed by atoms with E-state index in [2.05, 4.69) is 42.0 Å². The predicted molar refractivity (Wildman–Crippen MR) is 82.0 cm³/mol. The van der Waals surface area contributed by atoms with Gasteiger partial charge in [0, 0.05) is 6.42 Å². The molecule has 2 nitrogen and oxygen atoms in total. The summed E-state index contributed by atoms with van der Waals surface area (Å²) >= 11 is 0. The molecule has 0 aliphatic carbocycles. The Kier molecular flexibility index (Phi) is 13.7. The van der Waals surface area contributed by atoms with Crippen LogP contribution < -0.4 is 0 Å². The second kappa shape index (κ2) is 14.7. The van der Waals surface area contributed by atoms with Crippen LogP contribution in [0.25, 0.3) is 0 Å². The van der Waals surface area contributed by atoms with Gasteiger partial charge in [-0.2, -0.15) is 0 Å². The Hall–Kier alpha value is -1.31. The van der Waals surface area contributed by atoms with Crippen LogP contribution in [0.15, 0.2) is 36.5 Å². The van der Waals surface area contributed by atoms with Gasteiger partial charge in [-0.1, -0.05) is 56.2 Å². The molecule has 0 radical (unpaired) electrons. The maximum Gasteiger partial charge on any atom is 0.305 e. The van der Waals surface area contributed by atoms with Gasteiger partial charge in [0.25, 0.3) is 0 Å². The van der Waals surface area contributed by atoms with Crippen molar-refractivity contribution in [1.82, 2.24) is 0 Å². The number of esters is 1. The number of rotatable bonds is 11. The van der Waals surface area contributed by atoms with E-state index in [0.717, 1.165) is 19.3 Å². The van der Waals surface area contributed by atoms with E-state index in [9.17, 15) is 4.79 Å². The number of methoxy groups -OCH3 is 1. The SMILES string of the molecule is CCCCCC=CCC=CCC=CCCC(=O)OC. The lowest BCUT2D eigenvalue weighted by Gasteiger charge is -1.93. The molecular formula is C17H28O2. The van der Waals surface area contributed by atoms with Crippen LogP contribution in [0, 0.1) is 0 Å². The minimum Gasteiger partial charge on any atom is -0.469 e. The molecule has 0 heterocycles. The molecule has 2 heteroatoms. The fourth-order valence-electron chi connectivity index (χ4n) is 1.59. The van der Waals surface area contributed by atoms with Gasteiger partial charge < -0.3 is 4.74 Å². The van der Waals surface area contributed by atoms with Crippen LogP contribution in [0.3, 0.4) is 0 Å². The van der Waals surface area contributed by atoms with Crippen molar-refractivity contribution < 1.29 is 9.53 Å².